The summed E-state index contributed by atoms with van der Waals surface area (Å²) < 4.78 is 0. The topological polar surface area (TPSA) is 67.5 Å². The van der Waals surface area contributed by atoms with Crippen molar-refractivity contribution in [1.82, 2.24) is 0 Å². The number of hydrogen-bond donors (Lipinski definition) is 1. The van der Waals surface area contributed by atoms with E-state index in [9.17, 15) is 10.1 Å². The van der Waals surface area contributed by atoms with Crippen LogP contribution >= 0.6 is 11.6 Å². The number of nitrogens with one attached hydrogen (secondary N) is 1. The molecule has 14 heavy (non-hydrogen) atoms. The number of nitro groups is 1. The average molecular weight is 214 g/mol. The third kappa shape index (κ3) is 3.02. The largest absolute Gasteiger partial charge is 0.360 e. The number of hydrogen-bond acceptors (Lipinski definition) is 4. The van der Waals surface area contributed by atoms with Gasteiger partial charge in [-0.1, -0.05) is 11.6 Å². The Morgan fingerprint density at radius 1 is 1.50 bits per heavy atom. The first-order valence-electron chi connectivity index (χ1n) is 3.80. The van der Waals surface area contributed by atoms with E-state index in [0.29, 0.717) is 10.7 Å². The number of amidine groups is 1. The second-order valence-corrected chi connectivity index (χ2v) is 2.97. The lowest BCUT2D eigenvalue weighted by Gasteiger charge is -1.95. The van der Waals surface area contributed by atoms with Crippen LogP contribution in [0.3, 0.4) is 0 Å². The van der Waals surface area contributed by atoms with Gasteiger partial charge in [-0.15, -0.1) is 0 Å². The van der Waals surface area contributed by atoms with E-state index in [-0.39, 0.29) is 5.84 Å². The van der Waals surface area contributed by atoms with Crippen molar-refractivity contribution in [1.29, 1.82) is 0 Å². The third-order valence-electron chi connectivity index (χ3n) is 1.46. The molecule has 0 aliphatic rings. The fraction of sp³-hybridized carbons (Fsp3) is 0.125. The molecule has 0 bridgehead atoms. The summed E-state index contributed by atoms with van der Waals surface area (Å²) in [5.41, 5.74) is 3.19. The van der Waals surface area contributed by atoms with Crippen LogP contribution in [0, 0.1) is 10.1 Å². The highest BCUT2D eigenvalue weighted by atomic mass is 35.5. The van der Waals surface area contributed by atoms with Crippen LogP contribution in [0.1, 0.15) is 6.92 Å². The molecule has 0 unspecified atom stereocenters. The Morgan fingerprint density at radius 3 is 2.57 bits per heavy atom. The van der Waals surface area contributed by atoms with Crippen molar-refractivity contribution in [2.24, 2.45) is 5.10 Å². The molecule has 0 amide bonds. The average Bonchev–Trinajstić information content (AvgIpc) is 2.16. The first kappa shape index (κ1) is 10.5. The molecule has 0 spiro atoms. The first-order chi connectivity index (χ1) is 6.59. The van der Waals surface area contributed by atoms with E-state index in [0.717, 1.165) is 0 Å². The van der Waals surface area contributed by atoms with Crippen molar-refractivity contribution in [2.45, 2.75) is 6.92 Å². The number of hydrazone groups is 1. The van der Waals surface area contributed by atoms with Crippen molar-refractivity contribution in [3.63, 3.8) is 0 Å². The molecule has 6 heteroatoms. The summed E-state index contributed by atoms with van der Waals surface area (Å²) >= 11 is 5.65. The molecule has 1 aromatic rings. The van der Waals surface area contributed by atoms with Gasteiger partial charge in [0, 0.05) is 11.9 Å². The lowest BCUT2D eigenvalue weighted by Crippen LogP contribution is -2.08. The minimum atomic E-state index is -0.567. The zero-order valence-corrected chi connectivity index (χ0v) is 8.15. The Hall–Kier alpha value is -1.62. The molecule has 1 aromatic carbocycles. The van der Waals surface area contributed by atoms with Crippen molar-refractivity contribution in [3.05, 3.63) is 39.4 Å². The summed E-state index contributed by atoms with van der Waals surface area (Å²) in [7, 11) is 0. The summed E-state index contributed by atoms with van der Waals surface area (Å²) in [4.78, 5) is 9.62. The third-order valence-corrected chi connectivity index (χ3v) is 1.71. The molecule has 0 saturated heterocycles. The Labute approximate surface area is 85.5 Å². The molecule has 0 aliphatic carbocycles. The van der Waals surface area contributed by atoms with E-state index < -0.39 is 4.92 Å². The number of halogens is 1. The standard InChI is InChI=1S/C8H8ClN3O2/c1-6(12(13)14)10-11-8-4-2-7(9)3-5-8/h2-5,11H,1H3. The van der Waals surface area contributed by atoms with Crippen LogP contribution < -0.4 is 5.43 Å². The highest BCUT2D eigenvalue weighted by Crippen LogP contribution is 2.13. The van der Waals surface area contributed by atoms with Gasteiger partial charge in [0.25, 0.3) is 0 Å². The second-order valence-electron chi connectivity index (χ2n) is 2.53. The summed E-state index contributed by atoms with van der Waals surface area (Å²) in [5.74, 6) is -0.194. The molecule has 0 saturated carbocycles. The minimum Gasteiger partial charge on any atom is -0.358 e. The van der Waals surface area contributed by atoms with Crippen LogP contribution in [0.5, 0.6) is 0 Å². The monoisotopic (exact) mass is 213 g/mol. The zero-order valence-electron chi connectivity index (χ0n) is 7.40. The summed E-state index contributed by atoms with van der Waals surface area (Å²) in [6.45, 7) is 1.31. The highest BCUT2D eigenvalue weighted by molar-refractivity contribution is 6.30. The summed E-state index contributed by atoms with van der Waals surface area (Å²) in [6.07, 6.45) is 0. The fourth-order valence-electron chi connectivity index (χ4n) is 0.711. The number of benzene rings is 1. The van der Waals surface area contributed by atoms with Crippen molar-refractivity contribution >= 4 is 23.1 Å². The Balaban J connectivity index is 2.66. The number of nitrogens with zero attached hydrogens (tertiary/aromatic N) is 2. The lowest BCUT2D eigenvalue weighted by atomic mass is 10.3. The molecule has 0 aliphatic heterocycles. The highest BCUT2D eigenvalue weighted by Gasteiger charge is 2.02. The van der Waals surface area contributed by atoms with Crippen LogP contribution in [0.2, 0.25) is 5.02 Å². The van der Waals surface area contributed by atoms with Crippen molar-refractivity contribution < 1.29 is 4.92 Å². The fourth-order valence-corrected chi connectivity index (χ4v) is 0.837. The molecule has 1 rings (SSSR count). The molecular weight excluding hydrogens is 206 g/mol. The maximum Gasteiger partial charge on any atom is 0.360 e. The van der Waals surface area contributed by atoms with Gasteiger partial charge < -0.3 is 10.1 Å². The predicted octanol–water partition coefficient (Wildman–Crippen LogP) is 2.36. The Kier molecular flexibility index (Phi) is 3.41. The van der Waals surface area contributed by atoms with Gasteiger partial charge in [0.2, 0.25) is 0 Å². The lowest BCUT2D eigenvalue weighted by molar-refractivity contribution is -0.351. The molecule has 0 atom stereocenters. The first-order valence-corrected chi connectivity index (χ1v) is 4.17. The van der Waals surface area contributed by atoms with E-state index in [4.69, 9.17) is 11.6 Å². The van der Waals surface area contributed by atoms with E-state index in [1.54, 1.807) is 24.3 Å². The molecule has 74 valence electrons. The van der Waals surface area contributed by atoms with Gasteiger partial charge >= 0.3 is 5.84 Å². The van der Waals surface area contributed by atoms with Gasteiger partial charge in [0.1, 0.15) is 0 Å². The predicted molar refractivity (Wildman–Crippen MR) is 55.2 cm³/mol. The summed E-state index contributed by atoms with van der Waals surface area (Å²) in [5, 5.41) is 14.3. The maximum atomic E-state index is 10.2. The minimum absolute atomic E-state index is 0.194. The van der Waals surface area contributed by atoms with Gasteiger partial charge in [-0.2, -0.15) is 5.43 Å². The smallest absolute Gasteiger partial charge is 0.358 e. The van der Waals surface area contributed by atoms with Crippen molar-refractivity contribution in [2.75, 3.05) is 5.43 Å². The van der Waals surface area contributed by atoms with Gasteiger partial charge in [-0.25, -0.2) is 0 Å². The van der Waals surface area contributed by atoms with E-state index in [1.807, 2.05) is 0 Å². The molecule has 0 aromatic heterocycles. The maximum absolute atomic E-state index is 10.2. The van der Waals surface area contributed by atoms with Crippen molar-refractivity contribution in [3.8, 4) is 0 Å². The normalized spacial score (nSPS) is 11.1. The van der Waals surface area contributed by atoms with Crippen LogP contribution in [0.4, 0.5) is 5.69 Å². The molecule has 0 heterocycles. The molecule has 0 fully saturated rings. The van der Waals surface area contributed by atoms with Crippen LogP contribution in [0.15, 0.2) is 29.4 Å². The quantitative estimate of drug-likeness (QED) is 0.355. The van der Waals surface area contributed by atoms with E-state index in [2.05, 4.69) is 10.5 Å². The van der Waals surface area contributed by atoms with Crippen LogP contribution in [0.25, 0.3) is 0 Å². The second kappa shape index (κ2) is 4.57. The van der Waals surface area contributed by atoms with Crippen LogP contribution in [-0.4, -0.2) is 10.8 Å². The SMILES string of the molecule is CC(=NNc1ccc(Cl)cc1)[N+](=O)[O-]. The van der Waals surface area contributed by atoms with E-state index in [1.165, 1.54) is 6.92 Å². The molecular formula is C8H8ClN3O2. The molecule has 1 N–H and O–H groups in total. The zero-order chi connectivity index (χ0) is 10.6. The Morgan fingerprint density at radius 2 is 2.07 bits per heavy atom. The van der Waals surface area contributed by atoms with Gasteiger partial charge in [0.05, 0.1) is 10.8 Å². The van der Waals surface area contributed by atoms with Gasteiger partial charge in [-0.05, 0) is 29.2 Å². The number of rotatable bonds is 2. The van der Waals surface area contributed by atoms with Crippen LogP contribution in [-0.2, 0) is 0 Å². The summed E-state index contributed by atoms with van der Waals surface area (Å²) in [6, 6.07) is 6.69. The number of anilines is 1. The molecule has 5 nitrogen and oxygen atoms in total. The van der Waals surface area contributed by atoms with E-state index >= 15 is 0 Å². The van der Waals surface area contributed by atoms with Gasteiger partial charge in [0.15, 0.2) is 0 Å². The Bertz CT molecular complexity index is 361. The van der Waals surface area contributed by atoms with Gasteiger partial charge in [-0.3, -0.25) is 0 Å². The molecule has 0 radical (unpaired) electrons.